The third-order valence-corrected chi connectivity index (χ3v) is 5.20. The largest absolute Gasteiger partial charge is 0.329 e. The first kappa shape index (κ1) is 13.4. The molecule has 4 atom stereocenters. The maximum absolute atomic E-state index is 6.02. The van der Waals surface area contributed by atoms with Gasteiger partial charge in [-0.25, -0.2) is 0 Å². The quantitative estimate of drug-likeness (QED) is 0.819. The Morgan fingerprint density at radius 3 is 2.71 bits per heavy atom. The SMILES string of the molecule is CCC1CCCC(N2CCCC(C)C2CN)C1. The van der Waals surface area contributed by atoms with Gasteiger partial charge >= 0.3 is 0 Å². The van der Waals surface area contributed by atoms with Crippen molar-refractivity contribution in [2.45, 2.75) is 70.9 Å². The van der Waals surface area contributed by atoms with Crippen LogP contribution in [0, 0.1) is 11.8 Å². The summed E-state index contributed by atoms with van der Waals surface area (Å²) >= 11 is 0. The number of hydrogen-bond acceptors (Lipinski definition) is 2. The third-order valence-electron chi connectivity index (χ3n) is 5.20. The molecule has 1 saturated heterocycles. The van der Waals surface area contributed by atoms with Crippen molar-refractivity contribution in [1.29, 1.82) is 0 Å². The monoisotopic (exact) mass is 238 g/mol. The lowest BCUT2D eigenvalue weighted by atomic mass is 9.80. The van der Waals surface area contributed by atoms with Crippen molar-refractivity contribution in [3.05, 3.63) is 0 Å². The Balaban J connectivity index is 1.98. The van der Waals surface area contributed by atoms with E-state index in [-0.39, 0.29) is 0 Å². The summed E-state index contributed by atoms with van der Waals surface area (Å²) in [6.07, 6.45) is 9.87. The fraction of sp³-hybridized carbons (Fsp3) is 1.00. The predicted molar refractivity (Wildman–Crippen MR) is 74.0 cm³/mol. The van der Waals surface area contributed by atoms with Crippen LogP contribution >= 0.6 is 0 Å². The summed E-state index contributed by atoms with van der Waals surface area (Å²) in [6.45, 7) is 6.90. The van der Waals surface area contributed by atoms with E-state index in [0.29, 0.717) is 6.04 Å². The molecule has 2 fully saturated rings. The normalized spacial score (nSPS) is 40.4. The molecular weight excluding hydrogens is 208 g/mol. The molecule has 100 valence electrons. The molecule has 0 spiro atoms. The van der Waals surface area contributed by atoms with Crippen molar-refractivity contribution in [3.63, 3.8) is 0 Å². The molecule has 0 aromatic heterocycles. The minimum Gasteiger partial charge on any atom is -0.329 e. The Morgan fingerprint density at radius 1 is 1.18 bits per heavy atom. The zero-order valence-corrected chi connectivity index (χ0v) is 11.7. The van der Waals surface area contributed by atoms with E-state index in [1.165, 1.54) is 51.5 Å². The molecule has 0 bridgehead atoms. The molecule has 1 heterocycles. The summed E-state index contributed by atoms with van der Waals surface area (Å²) in [5.41, 5.74) is 6.02. The maximum Gasteiger partial charge on any atom is 0.0246 e. The van der Waals surface area contributed by atoms with E-state index < -0.39 is 0 Å². The zero-order chi connectivity index (χ0) is 12.3. The first-order valence-electron chi connectivity index (χ1n) is 7.72. The van der Waals surface area contributed by atoms with Crippen molar-refractivity contribution in [3.8, 4) is 0 Å². The molecular formula is C15H30N2. The molecule has 1 aliphatic heterocycles. The van der Waals surface area contributed by atoms with Crippen LogP contribution in [0.1, 0.15) is 58.8 Å². The van der Waals surface area contributed by atoms with Gasteiger partial charge in [0.1, 0.15) is 0 Å². The maximum atomic E-state index is 6.02. The molecule has 0 radical (unpaired) electrons. The van der Waals surface area contributed by atoms with E-state index in [0.717, 1.165) is 24.4 Å². The van der Waals surface area contributed by atoms with Crippen LogP contribution in [0.15, 0.2) is 0 Å². The highest BCUT2D eigenvalue weighted by Gasteiger charge is 2.34. The second-order valence-corrected chi connectivity index (χ2v) is 6.26. The van der Waals surface area contributed by atoms with Crippen LogP contribution < -0.4 is 5.73 Å². The van der Waals surface area contributed by atoms with Crippen LogP contribution in [0.4, 0.5) is 0 Å². The number of piperidine rings is 1. The van der Waals surface area contributed by atoms with E-state index in [1.807, 2.05) is 0 Å². The lowest BCUT2D eigenvalue weighted by Crippen LogP contribution is -2.54. The highest BCUT2D eigenvalue weighted by molar-refractivity contribution is 4.89. The predicted octanol–water partition coefficient (Wildman–Crippen LogP) is 3.01. The molecule has 1 aliphatic carbocycles. The summed E-state index contributed by atoms with van der Waals surface area (Å²) in [5.74, 6) is 1.78. The highest BCUT2D eigenvalue weighted by Crippen LogP contribution is 2.34. The standard InChI is InChI=1S/C15H30N2/c1-3-13-7-4-8-14(10-13)17-9-5-6-12(2)15(17)11-16/h12-15H,3-11,16H2,1-2H3. The molecule has 0 aromatic rings. The molecule has 2 nitrogen and oxygen atoms in total. The average molecular weight is 238 g/mol. The topological polar surface area (TPSA) is 29.3 Å². The van der Waals surface area contributed by atoms with Gasteiger partial charge in [0.25, 0.3) is 0 Å². The molecule has 2 heteroatoms. The van der Waals surface area contributed by atoms with Crippen LogP contribution in [0.5, 0.6) is 0 Å². The van der Waals surface area contributed by atoms with Gasteiger partial charge in [-0.1, -0.05) is 33.1 Å². The van der Waals surface area contributed by atoms with Gasteiger partial charge in [0.2, 0.25) is 0 Å². The molecule has 17 heavy (non-hydrogen) atoms. The van der Waals surface area contributed by atoms with E-state index in [9.17, 15) is 0 Å². The van der Waals surface area contributed by atoms with Gasteiger partial charge in [0, 0.05) is 18.6 Å². The summed E-state index contributed by atoms with van der Waals surface area (Å²) in [4.78, 5) is 2.77. The summed E-state index contributed by atoms with van der Waals surface area (Å²) in [5, 5.41) is 0. The van der Waals surface area contributed by atoms with E-state index in [2.05, 4.69) is 18.7 Å². The second-order valence-electron chi connectivity index (χ2n) is 6.26. The third kappa shape index (κ3) is 3.03. The lowest BCUT2D eigenvalue weighted by molar-refractivity contribution is 0.0336. The molecule has 4 unspecified atom stereocenters. The Bertz CT molecular complexity index is 229. The number of hydrogen-bond donors (Lipinski definition) is 1. The summed E-state index contributed by atoms with van der Waals surface area (Å²) in [6, 6.07) is 1.49. The fourth-order valence-corrected chi connectivity index (χ4v) is 4.04. The molecule has 2 N–H and O–H groups in total. The highest BCUT2D eigenvalue weighted by atomic mass is 15.2. The molecule has 2 aliphatic rings. The number of nitrogens with two attached hydrogens (primary N) is 1. The fourth-order valence-electron chi connectivity index (χ4n) is 4.04. The smallest absolute Gasteiger partial charge is 0.0246 e. The zero-order valence-electron chi connectivity index (χ0n) is 11.7. The Kier molecular flexibility index (Phi) is 4.87. The summed E-state index contributed by atoms with van der Waals surface area (Å²) in [7, 11) is 0. The molecule has 1 saturated carbocycles. The Hall–Kier alpha value is -0.0800. The van der Waals surface area contributed by atoms with Crippen molar-refractivity contribution in [2.24, 2.45) is 17.6 Å². The average Bonchev–Trinajstić information content (AvgIpc) is 2.38. The van der Waals surface area contributed by atoms with Crippen LogP contribution in [0.25, 0.3) is 0 Å². The van der Waals surface area contributed by atoms with Gasteiger partial charge in [-0.05, 0) is 44.1 Å². The van der Waals surface area contributed by atoms with Gasteiger partial charge in [-0.2, -0.15) is 0 Å². The van der Waals surface area contributed by atoms with E-state index in [4.69, 9.17) is 5.73 Å². The summed E-state index contributed by atoms with van der Waals surface area (Å²) < 4.78 is 0. The van der Waals surface area contributed by atoms with Crippen LogP contribution in [0.2, 0.25) is 0 Å². The van der Waals surface area contributed by atoms with Gasteiger partial charge in [-0.3, -0.25) is 4.90 Å². The first-order valence-corrected chi connectivity index (χ1v) is 7.72. The lowest BCUT2D eigenvalue weighted by Gasteiger charge is -2.46. The van der Waals surface area contributed by atoms with Crippen LogP contribution in [-0.2, 0) is 0 Å². The van der Waals surface area contributed by atoms with Gasteiger partial charge < -0.3 is 5.73 Å². The van der Waals surface area contributed by atoms with E-state index >= 15 is 0 Å². The van der Waals surface area contributed by atoms with Crippen LogP contribution in [0.3, 0.4) is 0 Å². The van der Waals surface area contributed by atoms with Gasteiger partial charge in [0.05, 0.1) is 0 Å². The first-order chi connectivity index (χ1) is 8.26. The number of rotatable bonds is 3. The van der Waals surface area contributed by atoms with Crippen molar-refractivity contribution < 1.29 is 0 Å². The van der Waals surface area contributed by atoms with Crippen molar-refractivity contribution >= 4 is 0 Å². The van der Waals surface area contributed by atoms with Crippen molar-refractivity contribution in [1.82, 2.24) is 4.90 Å². The molecule has 0 aromatic carbocycles. The van der Waals surface area contributed by atoms with Crippen LogP contribution in [-0.4, -0.2) is 30.1 Å². The Labute approximate surface area is 107 Å². The van der Waals surface area contributed by atoms with Crippen molar-refractivity contribution in [2.75, 3.05) is 13.1 Å². The minimum absolute atomic E-state index is 0.657. The Morgan fingerprint density at radius 2 is 2.00 bits per heavy atom. The number of likely N-dealkylation sites (tertiary alicyclic amines) is 1. The molecule has 0 amide bonds. The second kappa shape index (κ2) is 6.19. The number of nitrogens with zero attached hydrogens (tertiary/aromatic N) is 1. The van der Waals surface area contributed by atoms with Gasteiger partial charge in [0.15, 0.2) is 0 Å². The minimum atomic E-state index is 0.657. The van der Waals surface area contributed by atoms with E-state index in [1.54, 1.807) is 0 Å². The molecule has 2 rings (SSSR count). The van der Waals surface area contributed by atoms with Gasteiger partial charge in [-0.15, -0.1) is 0 Å².